The number of fused-ring (bicyclic) bond motifs is 2. The average Bonchev–Trinajstić information content (AvgIpc) is 3.36. The van der Waals surface area contributed by atoms with Crippen molar-refractivity contribution in [3.63, 3.8) is 0 Å². The van der Waals surface area contributed by atoms with Gasteiger partial charge in [0.1, 0.15) is 29.2 Å². The van der Waals surface area contributed by atoms with E-state index in [1.807, 2.05) is 0 Å². The molecular weight excluding hydrogens is 422 g/mol. The summed E-state index contributed by atoms with van der Waals surface area (Å²) in [5, 5.41) is 9.04. The molecule has 1 aromatic heterocycles. The number of carboxylic acid groups (broad SMARTS) is 1. The lowest BCUT2D eigenvalue weighted by Gasteiger charge is -2.17. The van der Waals surface area contributed by atoms with E-state index in [1.54, 1.807) is 18.2 Å². The van der Waals surface area contributed by atoms with Crippen LogP contribution in [0.5, 0.6) is 23.3 Å². The fraction of sp³-hybridized carbons (Fsp3) is 0.261. The van der Waals surface area contributed by atoms with Gasteiger partial charge in [-0.1, -0.05) is 6.07 Å². The number of rotatable bonds is 6. The lowest BCUT2D eigenvalue weighted by atomic mass is 9.98. The lowest BCUT2D eigenvalue weighted by molar-refractivity contribution is -0.137. The Bertz CT molecular complexity index is 1190. The van der Waals surface area contributed by atoms with Gasteiger partial charge < -0.3 is 19.3 Å². The second-order valence-corrected chi connectivity index (χ2v) is 7.67. The fourth-order valence-electron chi connectivity index (χ4n) is 4.18. The molecule has 32 heavy (non-hydrogen) atoms. The Morgan fingerprint density at radius 3 is 2.78 bits per heavy atom. The number of aromatic nitrogens is 2. The van der Waals surface area contributed by atoms with E-state index in [0.29, 0.717) is 47.8 Å². The summed E-state index contributed by atoms with van der Waals surface area (Å²) < 4.78 is 45.1. The van der Waals surface area contributed by atoms with E-state index >= 15 is 0 Å². The topological polar surface area (TPSA) is 90.8 Å². The first-order valence-corrected chi connectivity index (χ1v) is 10.1. The summed E-state index contributed by atoms with van der Waals surface area (Å²) in [6.45, 7) is 0.304. The van der Waals surface area contributed by atoms with Gasteiger partial charge in [-0.2, -0.15) is 0 Å². The van der Waals surface area contributed by atoms with E-state index in [0.717, 1.165) is 18.0 Å². The van der Waals surface area contributed by atoms with Crippen LogP contribution in [0, 0.1) is 11.6 Å². The third-order valence-corrected chi connectivity index (χ3v) is 5.60. The maximum Gasteiger partial charge on any atom is 0.322 e. The van der Waals surface area contributed by atoms with Crippen LogP contribution in [0.25, 0.3) is 0 Å². The summed E-state index contributed by atoms with van der Waals surface area (Å²) in [6, 6.07) is 8.00. The van der Waals surface area contributed by atoms with Gasteiger partial charge in [0, 0.05) is 28.7 Å². The Labute approximate surface area is 181 Å². The number of carbonyl (C=O) groups is 1. The van der Waals surface area contributed by atoms with Crippen molar-refractivity contribution in [2.75, 3.05) is 6.61 Å². The Balaban J connectivity index is 1.37. The second-order valence-electron chi connectivity index (χ2n) is 7.67. The molecule has 0 spiro atoms. The number of nitrogens with zero attached hydrogens (tertiary/aromatic N) is 2. The Morgan fingerprint density at radius 1 is 1.19 bits per heavy atom. The Hall–Kier alpha value is -3.75. The number of hydrogen-bond donors (Lipinski definition) is 1. The van der Waals surface area contributed by atoms with Crippen molar-refractivity contribution in [1.29, 1.82) is 0 Å². The largest absolute Gasteiger partial charge is 0.492 e. The molecule has 2 heterocycles. The molecule has 1 aliphatic carbocycles. The van der Waals surface area contributed by atoms with Gasteiger partial charge in [0.2, 0.25) is 0 Å². The highest BCUT2D eigenvalue weighted by Crippen LogP contribution is 2.44. The maximum absolute atomic E-state index is 14.7. The molecule has 164 valence electrons. The fourth-order valence-corrected chi connectivity index (χ4v) is 4.18. The molecule has 3 aromatic rings. The van der Waals surface area contributed by atoms with Crippen LogP contribution in [0.15, 0.2) is 42.7 Å². The molecule has 0 radical (unpaired) electrons. The van der Waals surface area contributed by atoms with Crippen molar-refractivity contribution in [2.45, 2.75) is 31.3 Å². The van der Waals surface area contributed by atoms with Crippen molar-refractivity contribution in [3.8, 4) is 23.3 Å². The molecule has 0 saturated heterocycles. The lowest BCUT2D eigenvalue weighted by Crippen LogP contribution is -2.07. The maximum atomic E-state index is 14.7. The minimum Gasteiger partial charge on any atom is -0.492 e. The van der Waals surface area contributed by atoms with Gasteiger partial charge in [0.25, 0.3) is 0 Å². The average molecular weight is 440 g/mol. The molecule has 2 aliphatic rings. The van der Waals surface area contributed by atoms with E-state index in [-0.39, 0.29) is 18.3 Å². The van der Waals surface area contributed by atoms with Crippen LogP contribution >= 0.6 is 0 Å². The minimum absolute atomic E-state index is 0.00500. The Morgan fingerprint density at radius 2 is 2.00 bits per heavy atom. The molecule has 0 saturated carbocycles. The van der Waals surface area contributed by atoms with E-state index in [1.165, 1.54) is 12.1 Å². The molecule has 0 unspecified atom stereocenters. The van der Waals surface area contributed by atoms with E-state index in [4.69, 9.17) is 19.3 Å². The van der Waals surface area contributed by atoms with Crippen LogP contribution in [-0.4, -0.2) is 27.7 Å². The Kier molecular flexibility index (Phi) is 5.08. The minimum atomic E-state index is -0.881. The summed E-state index contributed by atoms with van der Waals surface area (Å²) in [6.07, 6.45) is 2.52. The smallest absolute Gasteiger partial charge is 0.322 e. The summed E-state index contributed by atoms with van der Waals surface area (Å²) in [5.41, 5.74) is 1.88. The zero-order valence-electron chi connectivity index (χ0n) is 16.8. The molecule has 0 amide bonds. The number of aliphatic carboxylic acids is 1. The monoisotopic (exact) mass is 440 g/mol. The van der Waals surface area contributed by atoms with Crippen LogP contribution in [0.1, 0.15) is 41.6 Å². The van der Waals surface area contributed by atoms with Gasteiger partial charge in [-0.3, -0.25) is 4.79 Å². The molecule has 5 rings (SSSR count). The SMILES string of the molecule is O=C(O)C[C@@H]1COc2cc(O[C@@H]3CCc4c(Oc5ncc(F)cn5)ccc(F)c43)ccc21. The molecule has 9 heteroatoms. The second kappa shape index (κ2) is 8.07. The van der Waals surface area contributed by atoms with Gasteiger partial charge in [0.15, 0.2) is 5.82 Å². The first kappa shape index (κ1) is 20.2. The molecule has 1 aliphatic heterocycles. The first-order valence-electron chi connectivity index (χ1n) is 10.1. The van der Waals surface area contributed by atoms with Crippen molar-refractivity contribution >= 4 is 5.97 Å². The summed E-state index contributed by atoms with van der Waals surface area (Å²) in [4.78, 5) is 18.6. The van der Waals surface area contributed by atoms with Crippen molar-refractivity contribution < 1.29 is 32.9 Å². The van der Waals surface area contributed by atoms with E-state index < -0.39 is 23.7 Å². The molecule has 2 aromatic carbocycles. The third kappa shape index (κ3) is 3.81. The third-order valence-electron chi connectivity index (χ3n) is 5.60. The van der Waals surface area contributed by atoms with Gasteiger partial charge in [0.05, 0.1) is 25.4 Å². The van der Waals surface area contributed by atoms with Gasteiger partial charge in [-0.15, -0.1) is 0 Å². The summed E-state index contributed by atoms with van der Waals surface area (Å²) >= 11 is 0. The van der Waals surface area contributed by atoms with Gasteiger partial charge >= 0.3 is 12.0 Å². The molecule has 1 N–H and O–H groups in total. The normalized spacial score (nSPS) is 18.6. The molecular formula is C23H18F2N2O5. The number of halogens is 2. The highest BCUT2D eigenvalue weighted by molar-refractivity contribution is 5.68. The molecule has 7 nitrogen and oxygen atoms in total. The van der Waals surface area contributed by atoms with Gasteiger partial charge in [-0.25, -0.2) is 18.7 Å². The zero-order chi connectivity index (χ0) is 22.2. The first-order chi connectivity index (χ1) is 15.5. The van der Waals surface area contributed by atoms with Crippen LogP contribution in [0.2, 0.25) is 0 Å². The standard InChI is InChI=1S/C23H18F2N2O5/c24-13-9-26-23(27-10-13)32-18-6-4-17(25)22-16(18)3-5-19(22)31-14-1-2-15-12(7-21(28)29)11-30-20(15)8-14/h1-2,4,6,8-10,12,19H,3,5,7,11H2,(H,28,29)/t12-,19-/m1/s1. The predicted molar refractivity (Wildman–Crippen MR) is 107 cm³/mol. The van der Waals surface area contributed by atoms with Crippen molar-refractivity contribution in [3.05, 3.63) is 71.1 Å². The van der Waals surface area contributed by atoms with Crippen LogP contribution in [0.3, 0.4) is 0 Å². The van der Waals surface area contributed by atoms with Crippen LogP contribution in [-0.2, 0) is 11.2 Å². The van der Waals surface area contributed by atoms with Crippen molar-refractivity contribution in [1.82, 2.24) is 9.97 Å². The summed E-state index contributed by atoms with van der Waals surface area (Å²) in [5.74, 6) is -0.587. The number of carboxylic acids is 1. The van der Waals surface area contributed by atoms with E-state index in [2.05, 4.69) is 9.97 Å². The summed E-state index contributed by atoms with van der Waals surface area (Å²) in [7, 11) is 0. The number of hydrogen-bond acceptors (Lipinski definition) is 6. The van der Waals surface area contributed by atoms with Crippen molar-refractivity contribution in [2.24, 2.45) is 0 Å². The molecule has 0 fully saturated rings. The molecule has 0 bridgehead atoms. The highest BCUT2D eigenvalue weighted by Gasteiger charge is 2.32. The van der Waals surface area contributed by atoms with Crippen LogP contribution < -0.4 is 14.2 Å². The van der Waals surface area contributed by atoms with Crippen LogP contribution in [0.4, 0.5) is 8.78 Å². The number of benzene rings is 2. The highest BCUT2D eigenvalue weighted by atomic mass is 19.1. The predicted octanol–water partition coefficient (Wildman–Crippen LogP) is 4.56. The quantitative estimate of drug-likeness (QED) is 0.601. The van der Waals surface area contributed by atoms with E-state index in [9.17, 15) is 13.6 Å². The molecule has 2 atom stereocenters. The van der Waals surface area contributed by atoms with Gasteiger partial charge in [-0.05, 0) is 31.0 Å². The number of ether oxygens (including phenoxy) is 3. The zero-order valence-corrected chi connectivity index (χ0v) is 16.8.